The van der Waals surface area contributed by atoms with Gasteiger partial charge < -0.3 is 13.7 Å². The van der Waals surface area contributed by atoms with E-state index in [-0.39, 0.29) is 0 Å². The van der Waals surface area contributed by atoms with Crippen LogP contribution in [0.15, 0.2) is 173 Å². The number of para-hydroxylation sites is 2. The quantitative estimate of drug-likeness (QED) is 0.189. The molecule has 0 aliphatic rings. The Balaban J connectivity index is 1.09. The zero-order valence-corrected chi connectivity index (χ0v) is 27.6. The summed E-state index contributed by atoms with van der Waals surface area (Å²) < 4.78 is 15.4. The van der Waals surface area contributed by atoms with Gasteiger partial charge in [0.1, 0.15) is 22.3 Å². The number of rotatable bonds is 4. The highest BCUT2D eigenvalue weighted by Gasteiger charge is 2.19. The lowest BCUT2D eigenvalue weighted by molar-refractivity contribution is 0.669. The summed E-state index contributed by atoms with van der Waals surface area (Å²) in [7, 11) is 0. The Morgan fingerprint density at radius 3 is 1.86 bits per heavy atom. The summed E-state index contributed by atoms with van der Waals surface area (Å²) in [6, 6.07) is 58.4. The van der Waals surface area contributed by atoms with Gasteiger partial charge in [-0.25, -0.2) is 0 Å². The predicted molar refractivity (Wildman–Crippen MR) is 212 cm³/mol. The molecule has 0 fully saturated rings. The van der Waals surface area contributed by atoms with Gasteiger partial charge in [0.25, 0.3) is 0 Å². The molecule has 234 valence electrons. The van der Waals surface area contributed by atoms with E-state index in [4.69, 9.17) is 8.83 Å². The molecule has 3 heterocycles. The van der Waals surface area contributed by atoms with E-state index in [1.54, 1.807) is 0 Å². The van der Waals surface area contributed by atoms with Crippen molar-refractivity contribution in [3.8, 4) is 11.1 Å². The first-order valence-electron chi connectivity index (χ1n) is 16.8. The minimum atomic E-state index is 0.874. The van der Waals surface area contributed by atoms with E-state index in [0.29, 0.717) is 0 Å². The molecule has 50 heavy (non-hydrogen) atoms. The van der Waals surface area contributed by atoms with Gasteiger partial charge in [-0.3, -0.25) is 0 Å². The van der Waals surface area contributed by atoms with Crippen LogP contribution in [0.2, 0.25) is 0 Å². The number of thiophene rings is 1. The van der Waals surface area contributed by atoms with Crippen molar-refractivity contribution in [1.82, 2.24) is 0 Å². The van der Waals surface area contributed by atoms with Gasteiger partial charge in [-0.1, -0.05) is 97.1 Å². The van der Waals surface area contributed by atoms with Gasteiger partial charge >= 0.3 is 0 Å². The molecule has 0 saturated heterocycles. The van der Waals surface area contributed by atoms with E-state index >= 15 is 0 Å². The van der Waals surface area contributed by atoms with Crippen molar-refractivity contribution < 1.29 is 8.83 Å². The van der Waals surface area contributed by atoms with E-state index in [1.165, 1.54) is 20.2 Å². The zero-order chi connectivity index (χ0) is 32.8. The third-order valence-electron chi connectivity index (χ3n) is 10.1. The summed E-state index contributed by atoms with van der Waals surface area (Å²) in [5, 5.41) is 9.41. The van der Waals surface area contributed by atoms with Crippen LogP contribution >= 0.6 is 11.3 Å². The van der Waals surface area contributed by atoms with Crippen LogP contribution in [0.3, 0.4) is 0 Å². The summed E-state index contributed by atoms with van der Waals surface area (Å²) in [4.78, 5) is 2.33. The van der Waals surface area contributed by atoms with Crippen LogP contribution in [0.5, 0.6) is 0 Å². The topological polar surface area (TPSA) is 29.5 Å². The fourth-order valence-corrected chi connectivity index (χ4v) is 8.88. The van der Waals surface area contributed by atoms with E-state index in [2.05, 4.69) is 144 Å². The molecule has 3 nitrogen and oxygen atoms in total. The molecule has 4 heteroatoms. The number of hydrogen-bond donors (Lipinski definition) is 0. The van der Waals surface area contributed by atoms with Crippen molar-refractivity contribution in [2.45, 2.75) is 0 Å². The maximum absolute atomic E-state index is 6.50. The molecular weight excluding hydrogens is 631 g/mol. The molecule has 0 spiro atoms. The standard InChI is InChI=1S/C46H27NO2S/c1-4-13-40-34(9-1)36-24-21-31(26-42(36)48-40)47(32-22-25-38-37-11-3-6-15-43(37)50-44(38)27-32)30-19-16-28(17-20-30)33-12-7-8-29-18-23-39-35-10-2-5-14-41(35)49-46(39)45(29)33/h1-27H. The highest BCUT2D eigenvalue weighted by molar-refractivity contribution is 7.25. The van der Waals surface area contributed by atoms with E-state index in [1.807, 2.05) is 35.6 Å². The highest BCUT2D eigenvalue weighted by atomic mass is 32.1. The maximum Gasteiger partial charge on any atom is 0.143 e. The minimum absolute atomic E-state index is 0.874. The average Bonchev–Trinajstić information content (AvgIpc) is 3.86. The Morgan fingerprint density at radius 1 is 0.400 bits per heavy atom. The first-order valence-corrected chi connectivity index (χ1v) is 17.6. The second kappa shape index (κ2) is 10.6. The molecule has 0 aliphatic carbocycles. The van der Waals surface area contributed by atoms with Gasteiger partial charge in [-0.2, -0.15) is 0 Å². The lowest BCUT2D eigenvalue weighted by Gasteiger charge is -2.26. The zero-order valence-electron chi connectivity index (χ0n) is 26.8. The molecule has 8 aromatic carbocycles. The van der Waals surface area contributed by atoms with Gasteiger partial charge in [0.15, 0.2) is 0 Å². The molecular formula is C46H27NO2S. The van der Waals surface area contributed by atoms with Crippen LogP contribution in [-0.2, 0) is 0 Å². The molecule has 0 radical (unpaired) electrons. The van der Waals surface area contributed by atoms with E-state index < -0.39 is 0 Å². The van der Waals surface area contributed by atoms with Gasteiger partial charge in [-0.05, 0) is 77.2 Å². The Labute approximate surface area is 290 Å². The normalized spacial score (nSPS) is 12.0. The number of furan rings is 2. The Bertz CT molecular complexity index is 2990. The Hall–Kier alpha value is -6.36. The lowest BCUT2D eigenvalue weighted by atomic mass is 9.96. The number of hydrogen-bond acceptors (Lipinski definition) is 4. The molecule has 11 aromatic rings. The summed E-state index contributed by atoms with van der Waals surface area (Å²) in [5.74, 6) is 0. The lowest BCUT2D eigenvalue weighted by Crippen LogP contribution is -2.09. The first kappa shape index (κ1) is 27.6. The summed E-state index contributed by atoms with van der Waals surface area (Å²) in [6.07, 6.45) is 0. The number of benzene rings is 8. The van der Waals surface area contributed by atoms with Crippen LogP contribution < -0.4 is 4.90 Å². The number of fused-ring (bicyclic) bond motifs is 11. The smallest absolute Gasteiger partial charge is 0.143 e. The number of anilines is 3. The van der Waals surface area contributed by atoms with E-state index in [0.717, 1.165) is 82.8 Å². The molecule has 0 atom stereocenters. The molecule has 0 amide bonds. The van der Waals surface area contributed by atoms with E-state index in [9.17, 15) is 0 Å². The van der Waals surface area contributed by atoms with Crippen molar-refractivity contribution in [3.05, 3.63) is 164 Å². The van der Waals surface area contributed by atoms with Gasteiger partial charge in [0, 0.05) is 70.2 Å². The largest absolute Gasteiger partial charge is 0.456 e. The summed E-state index contributed by atoms with van der Waals surface area (Å²) >= 11 is 1.84. The predicted octanol–water partition coefficient (Wildman–Crippen LogP) is 14.1. The summed E-state index contributed by atoms with van der Waals surface area (Å²) in [6.45, 7) is 0. The molecule has 0 unspecified atom stereocenters. The fourth-order valence-electron chi connectivity index (χ4n) is 7.74. The van der Waals surface area contributed by atoms with Gasteiger partial charge in [-0.15, -0.1) is 11.3 Å². The molecule has 0 aliphatic heterocycles. The maximum atomic E-state index is 6.50. The molecule has 0 saturated carbocycles. The molecule has 11 rings (SSSR count). The molecule has 0 N–H and O–H groups in total. The third kappa shape index (κ3) is 4.09. The van der Waals surface area contributed by atoms with Crippen LogP contribution in [0.1, 0.15) is 0 Å². The Morgan fingerprint density at radius 2 is 1.02 bits per heavy atom. The second-order valence-corrected chi connectivity index (χ2v) is 14.0. The second-order valence-electron chi connectivity index (χ2n) is 12.9. The number of nitrogens with zero attached hydrogens (tertiary/aromatic N) is 1. The van der Waals surface area contributed by atoms with Crippen LogP contribution in [-0.4, -0.2) is 0 Å². The van der Waals surface area contributed by atoms with Gasteiger partial charge in [0.2, 0.25) is 0 Å². The SMILES string of the molecule is c1cc(-c2ccc(N(c3ccc4c(c3)oc3ccccc34)c3ccc4c(c3)sc3ccccc34)cc2)c2c(c1)ccc1c3ccccc3oc12. The fraction of sp³-hybridized carbons (Fsp3) is 0. The molecule has 3 aromatic heterocycles. The van der Waals surface area contributed by atoms with Crippen molar-refractivity contribution in [3.63, 3.8) is 0 Å². The van der Waals surface area contributed by atoms with Crippen LogP contribution in [0.4, 0.5) is 17.1 Å². The monoisotopic (exact) mass is 657 g/mol. The third-order valence-corrected chi connectivity index (χ3v) is 11.2. The van der Waals surface area contributed by atoms with Gasteiger partial charge in [0.05, 0.1) is 0 Å². The first-order chi connectivity index (χ1) is 24.8. The van der Waals surface area contributed by atoms with Crippen molar-refractivity contribution in [2.75, 3.05) is 4.90 Å². The van der Waals surface area contributed by atoms with Crippen LogP contribution in [0.25, 0.3) is 85.9 Å². The van der Waals surface area contributed by atoms with Crippen molar-refractivity contribution in [2.24, 2.45) is 0 Å². The van der Waals surface area contributed by atoms with Crippen molar-refractivity contribution in [1.29, 1.82) is 0 Å². The summed E-state index contributed by atoms with van der Waals surface area (Å²) in [5.41, 5.74) is 9.11. The molecule has 0 bridgehead atoms. The minimum Gasteiger partial charge on any atom is -0.456 e. The van der Waals surface area contributed by atoms with Crippen LogP contribution in [0, 0.1) is 0 Å². The highest BCUT2D eigenvalue weighted by Crippen LogP contribution is 2.44. The average molecular weight is 658 g/mol. The Kier molecular flexibility index (Phi) is 5.83. The van der Waals surface area contributed by atoms with Crippen molar-refractivity contribution >= 4 is 103 Å².